The molecule has 1 heterocycles. The number of halogens is 1. The maximum absolute atomic E-state index is 5.49. The predicted octanol–water partition coefficient (Wildman–Crippen LogP) is 1.34. The Kier molecular flexibility index (Phi) is 4.49. The van der Waals surface area contributed by atoms with Gasteiger partial charge in [0, 0.05) is 25.0 Å². The first kappa shape index (κ1) is 10.2. The average molecular weight is 202 g/mol. The maximum Gasteiger partial charge on any atom is 0.213 e. The molecule has 0 aliphatic heterocycles. The molecule has 72 valence electrons. The van der Waals surface area contributed by atoms with Crippen LogP contribution in [0.25, 0.3) is 0 Å². The van der Waals surface area contributed by atoms with E-state index in [4.69, 9.17) is 11.6 Å². The number of hydrogen-bond acceptors (Lipinski definition) is 4. The number of rotatable bonds is 5. The fourth-order valence-electron chi connectivity index (χ4n) is 0.827. The van der Waals surface area contributed by atoms with Crippen molar-refractivity contribution in [2.75, 3.05) is 13.1 Å². The molecule has 5 heteroatoms. The van der Waals surface area contributed by atoms with E-state index in [9.17, 15) is 0 Å². The highest BCUT2D eigenvalue weighted by atomic mass is 35.5. The zero-order valence-electron chi connectivity index (χ0n) is 7.46. The summed E-state index contributed by atoms with van der Waals surface area (Å²) in [6.07, 6.45) is 2.10. The summed E-state index contributed by atoms with van der Waals surface area (Å²) in [4.78, 5) is 3.89. The summed E-state index contributed by atoms with van der Waals surface area (Å²) in [6.45, 7) is 3.58. The highest BCUT2D eigenvalue weighted by Crippen LogP contribution is 1.92. The summed E-state index contributed by atoms with van der Waals surface area (Å²) in [5.74, 6) is 0.722. The van der Waals surface area contributed by atoms with Crippen molar-refractivity contribution in [3.8, 4) is 0 Å². The Morgan fingerprint density at radius 3 is 3.23 bits per heavy atom. The number of hydrogen-bond donors (Lipinski definition) is 1. The molecule has 4 nitrogen and oxygen atoms in total. The summed E-state index contributed by atoms with van der Waals surface area (Å²) in [7, 11) is 0. The first-order chi connectivity index (χ1) is 6.33. The molecule has 1 aromatic rings. The number of nitrogens with zero attached hydrogens (tertiary/aromatic N) is 2. The standard InChI is InChI=1S/C8H12ClN3O/c1-7(4-9)5-10-3-2-8-11-6-13-12-8/h4,6,10H,2-3,5H2,1H3. The molecule has 0 aliphatic rings. The van der Waals surface area contributed by atoms with Gasteiger partial charge in [-0.2, -0.15) is 4.98 Å². The third kappa shape index (κ3) is 4.05. The molecule has 0 spiro atoms. The van der Waals surface area contributed by atoms with Gasteiger partial charge < -0.3 is 9.84 Å². The Hall–Kier alpha value is -0.870. The fourth-order valence-corrected chi connectivity index (χ4v) is 0.904. The van der Waals surface area contributed by atoms with E-state index in [2.05, 4.69) is 20.0 Å². The van der Waals surface area contributed by atoms with Crippen LogP contribution in [-0.2, 0) is 6.42 Å². The highest BCUT2D eigenvalue weighted by Gasteiger charge is 1.96. The van der Waals surface area contributed by atoms with E-state index in [1.54, 1.807) is 5.54 Å². The minimum atomic E-state index is 0.722. The van der Waals surface area contributed by atoms with E-state index in [1.807, 2.05) is 6.92 Å². The summed E-state index contributed by atoms with van der Waals surface area (Å²) in [6, 6.07) is 0. The molecule has 0 bridgehead atoms. The van der Waals surface area contributed by atoms with Crippen molar-refractivity contribution in [1.29, 1.82) is 0 Å². The molecule has 0 saturated carbocycles. The van der Waals surface area contributed by atoms with Crippen LogP contribution < -0.4 is 5.32 Å². The van der Waals surface area contributed by atoms with Crippen LogP contribution in [-0.4, -0.2) is 23.2 Å². The van der Waals surface area contributed by atoms with Gasteiger partial charge in [0.1, 0.15) is 0 Å². The van der Waals surface area contributed by atoms with E-state index in [1.165, 1.54) is 6.39 Å². The van der Waals surface area contributed by atoms with Crippen molar-refractivity contribution in [3.05, 3.63) is 23.3 Å². The quantitative estimate of drug-likeness (QED) is 0.731. The van der Waals surface area contributed by atoms with Crippen molar-refractivity contribution in [2.24, 2.45) is 0 Å². The maximum atomic E-state index is 5.49. The topological polar surface area (TPSA) is 51.0 Å². The summed E-state index contributed by atoms with van der Waals surface area (Å²) in [5.41, 5.74) is 2.68. The second-order valence-corrected chi connectivity index (χ2v) is 2.95. The second kappa shape index (κ2) is 5.72. The van der Waals surface area contributed by atoms with Crippen LogP contribution in [0.4, 0.5) is 0 Å². The predicted molar refractivity (Wildman–Crippen MR) is 50.5 cm³/mol. The summed E-state index contributed by atoms with van der Waals surface area (Å²) in [5, 5.41) is 6.89. The lowest BCUT2D eigenvalue weighted by atomic mass is 10.3. The highest BCUT2D eigenvalue weighted by molar-refractivity contribution is 6.25. The Bertz CT molecular complexity index is 258. The van der Waals surface area contributed by atoms with Crippen molar-refractivity contribution in [3.63, 3.8) is 0 Å². The van der Waals surface area contributed by atoms with Crippen LogP contribution in [0, 0.1) is 0 Å². The molecule has 0 atom stereocenters. The van der Waals surface area contributed by atoms with Crippen molar-refractivity contribution in [2.45, 2.75) is 13.3 Å². The van der Waals surface area contributed by atoms with E-state index in [0.29, 0.717) is 0 Å². The van der Waals surface area contributed by atoms with Crippen molar-refractivity contribution < 1.29 is 4.52 Å². The minimum absolute atomic E-state index is 0.722. The van der Waals surface area contributed by atoms with E-state index >= 15 is 0 Å². The number of nitrogens with one attached hydrogen (secondary N) is 1. The summed E-state index contributed by atoms with van der Waals surface area (Å²) < 4.78 is 4.59. The molecule has 0 saturated heterocycles. The first-order valence-electron chi connectivity index (χ1n) is 4.04. The molecule has 13 heavy (non-hydrogen) atoms. The lowest BCUT2D eigenvalue weighted by Gasteiger charge is -2.01. The van der Waals surface area contributed by atoms with Crippen LogP contribution >= 0.6 is 11.6 Å². The molecular weight excluding hydrogens is 190 g/mol. The third-order valence-electron chi connectivity index (χ3n) is 1.52. The Balaban J connectivity index is 2.08. The molecule has 1 aromatic heterocycles. The second-order valence-electron chi connectivity index (χ2n) is 2.73. The molecule has 0 fully saturated rings. The average Bonchev–Trinajstić information content (AvgIpc) is 2.64. The van der Waals surface area contributed by atoms with E-state index in [0.717, 1.165) is 30.9 Å². The van der Waals surface area contributed by atoms with E-state index in [-0.39, 0.29) is 0 Å². The van der Waals surface area contributed by atoms with Crippen LogP contribution in [0.15, 0.2) is 22.0 Å². The monoisotopic (exact) mass is 201 g/mol. The molecule has 0 aliphatic carbocycles. The van der Waals surface area contributed by atoms with Gasteiger partial charge in [-0.25, -0.2) is 0 Å². The van der Waals surface area contributed by atoms with E-state index < -0.39 is 0 Å². The lowest BCUT2D eigenvalue weighted by Crippen LogP contribution is -2.19. The van der Waals surface area contributed by atoms with Crippen molar-refractivity contribution in [1.82, 2.24) is 15.5 Å². The van der Waals surface area contributed by atoms with Gasteiger partial charge in [-0.05, 0) is 12.5 Å². The molecule has 0 aromatic carbocycles. The number of aromatic nitrogens is 2. The van der Waals surface area contributed by atoms with Gasteiger partial charge in [0.05, 0.1) is 0 Å². The van der Waals surface area contributed by atoms with Crippen LogP contribution in [0.5, 0.6) is 0 Å². The molecule has 1 rings (SSSR count). The molecule has 1 N–H and O–H groups in total. The van der Waals surface area contributed by atoms with Gasteiger partial charge in [-0.1, -0.05) is 16.8 Å². The van der Waals surface area contributed by atoms with Gasteiger partial charge in [0.15, 0.2) is 5.82 Å². The zero-order chi connectivity index (χ0) is 9.52. The van der Waals surface area contributed by atoms with Crippen LogP contribution in [0.1, 0.15) is 12.7 Å². The minimum Gasteiger partial charge on any atom is -0.343 e. The zero-order valence-corrected chi connectivity index (χ0v) is 8.21. The molecule has 0 radical (unpaired) electrons. The Morgan fingerprint density at radius 2 is 2.62 bits per heavy atom. The summed E-state index contributed by atoms with van der Waals surface area (Å²) >= 11 is 5.49. The largest absolute Gasteiger partial charge is 0.343 e. The van der Waals surface area contributed by atoms with Crippen molar-refractivity contribution >= 4 is 11.6 Å². The van der Waals surface area contributed by atoms with Gasteiger partial charge in [0.25, 0.3) is 0 Å². The Morgan fingerprint density at radius 1 is 1.77 bits per heavy atom. The van der Waals surface area contributed by atoms with Gasteiger partial charge >= 0.3 is 0 Å². The normalized spacial score (nSPS) is 12.0. The first-order valence-corrected chi connectivity index (χ1v) is 4.48. The molecule has 0 amide bonds. The van der Waals surface area contributed by atoms with Gasteiger partial charge in [-0.3, -0.25) is 0 Å². The Labute approximate surface area is 82.0 Å². The van der Waals surface area contributed by atoms with Gasteiger partial charge in [0.2, 0.25) is 6.39 Å². The smallest absolute Gasteiger partial charge is 0.213 e. The fraction of sp³-hybridized carbons (Fsp3) is 0.500. The molecule has 0 unspecified atom stereocenters. The van der Waals surface area contributed by atoms with Crippen LogP contribution in [0.3, 0.4) is 0 Å². The SMILES string of the molecule is CC(=CCl)CNCCc1ncon1. The van der Waals surface area contributed by atoms with Gasteiger partial charge in [-0.15, -0.1) is 0 Å². The molecular formula is C8H12ClN3O. The third-order valence-corrected chi connectivity index (χ3v) is 1.89. The lowest BCUT2D eigenvalue weighted by molar-refractivity contribution is 0.409. The van der Waals surface area contributed by atoms with Crippen LogP contribution in [0.2, 0.25) is 0 Å².